The Morgan fingerprint density at radius 3 is 2.59 bits per heavy atom. The molecule has 1 unspecified atom stereocenters. The number of benzene rings is 3. The highest BCUT2D eigenvalue weighted by atomic mass is 32.2. The highest BCUT2D eigenvalue weighted by Gasteiger charge is 2.16. The van der Waals surface area contributed by atoms with Gasteiger partial charge in [-0.3, -0.25) is 0 Å². The largest absolute Gasteiger partial charge is 0.348 e. The molecule has 0 saturated heterocycles. The summed E-state index contributed by atoms with van der Waals surface area (Å²) in [6.45, 7) is 3.09. The second kappa shape index (κ2) is 7.29. The molecule has 0 fully saturated rings. The first-order valence-electron chi connectivity index (χ1n) is 9.24. The van der Waals surface area contributed by atoms with E-state index in [2.05, 4.69) is 48.1 Å². The van der Waals surface area contributed by atoms with Gasteiger partial charge in [-0.15, -0.1) is 0 Å². The van der Waals surface area contributed by atoms with Crippen LogP contribution in [0, 0.1) is 6.92 Å². The highest BCUT2D eigenvalue weighted by Crippen LogP contribution is 2.30. The van der Waals surface area contributed by atoms with Gasteiger partial charge in [0.05, 0.1) is 15.7 Å². The van der Waals surface area contributed by atoms with Crippen LogP contribution in [-0.2, 0) is 24.3 Å². The van der Waals surface area contributed by atoms with Crippen molar-refractivity contribution < 1.29 is 4.21 Å². The smallest absolute Gasteiger partial charge is 0.0856 e. The lowest BCUT2D eigenvalue weighted by Crippen LogP contribution is -2.10. The third-order valence-corrected chi connectivity index (χ3v) is 6.82. The molecule has 1 atom stereocenters. The molecular weight excluding hydrogens is 352 g/mol. The van der Waals surface area contributed by atoms with Gasteiger partial charge in [0.2, 0.25) is 0 Å². The lowest BCUT2D eigenvalue weighted by molar-refractivity contribution is 0.684. The predicted molar refractivity (Wildman–Crippen MR) is 114 cm³/mol. The molecular formula is C23H24N2OS. The molecule has 1 N–H and O–H groups in total. The monoisotopic (exact) mass is 376 g/mol. The lowest BCUT2D eigenvalue weighted by atomic mass is 10.1. The van der Waals surface area contributed by atoms with Crippen LogP contribution in [0.4, 0.5) is 0 Å². The van der Waals surface area contributed by atoms with E-state index in [9.17, 15) is 4.21 Å². The van der Waals surface area contributed by atoms with Crippen molar-refractivity contribution in [2.24, 2.45) is 7.05 Å². The van der Waals surface area contributed by atoms with E-state index in [4.69, 9.17) is 0 Å². The van der Waals surface area contributed by atoms with Crippen LogP contribution in [0.2, 0.25) is 0 Å². The Hall–Kier alpha value is -2.43. The van der Waals surface area contributed by atoms with E-state index in [1.165, 1.54) is 22.2 Å². The number of hydrogen-bond donors (Lipinski definition) is 1. The van der Waals surface area contributed by atoms with E-state index in [0.29, 0.717) is 0 Å². The van der Waals surface area contributed by atoms with Gasteiger partial charge < -0.3 is 9.88 Å². The summed E-state index contributed by atoms with van der Waals surface area (Å²) in [5, 5.41) is 6.61. The average molecular weight is 377 g/mol. The SMILES string of the molecule is CNCCc1c(C)n(C)c2ccc(S(=O)c3cccc4ccccc34)cc12. The van der Waals surface area contributed by atoms with Crippen molar-refractivity contribution in [2.45, 2.75) is 23.1 Å². The van der Waals surface area contributed by atoms with Crippen LogP contribution in [0.15, 0.2) is 70.5 Å². The van der Waals surface area contributed by atoms with Crippen molar-refractivity contribution in [3.63, 3.8) is 0 Å². The number of nitrogens with zero attached hydrogens (tertiary/aromatic N) is 1. The van der Waals surface area contributed by atoms with Crippen molar-refractivity contribution in [1.82, 2.24) is 9.88 Å². The fourth-order valence-electron chi connectivity index (χ4n) is 3.79. The van der Waals surface area contributed by atoms with E-state index in [-0.39, 0.29) is 0 Å². The molecule has 3 nitrogen and oxygen atoms in total. The number of aryl methyl sites for hydroxylation is 1. The fraction of sp³-hybridized carbons (Fsp3) is 0.217. The zero-order chi connectivity index (χ0) is 19.0. The fourth-order valence-corrected chi connectivity index (χ4v) is 5.05. The Labute approximate surface area is 162 Å². The van der Waals surface area contributed by atoms with Gasteiger partial charge in [0.1, 0.15) is 0 Å². The Morgan fingerprint density at radius 2 is 1.78 bits per heavy atom. The minimum absolute atomic E-state index is 0.857. The molecule has 138 valence electrons. The molecule has 1 aromatic heterocycles. The van der Waals surface area contributed by atoms with Crippen molar-refractivity contribution >= 4 is 32.5 Å². The standard InChI is InChI=1S/C23H24N2OS/c1-16-19(13-14-24-2)21-15-18(11-12-22(21)25(16)3)27(26)23-10-6-8-17-7-4-5-9-20(17)23/h4-12,15,24H,13-14H2,1-3H3. The average Bonchev–Trinajstić information content (AvgIpc) is 2.95. The van der Waals surface area contributed by atoms with E-state index >= 15 is 0 Å². The zero-order valence-electron chi connectivity index (χ0n) is 16.0. The summed E-state index contributed by atoms with van der Waals surface area (Å²) in [5.74, 6) is 0. The maximum Gasteiger partial charge on any atom is 0.0856 e. The van der Waals surface area contributed by atoms with Crippen LogP contribution in [0.1, 0.15) is 11.3 Å². The lowest BCUT2D eigenvalue weighted by Gasteiger charge is -2.08. The van der Waals surface area contributed by atoms with Crippen molar-refractivity contribution in [1.29, 1.82) is 0 Å². The molecule has 0 saturated carbocycles. The van der Waals surface area contributed by atoms with Crippen LogP contribution in [0.5, 0.6) is 0 Å². The molecule has 0 aliphatic carbocycles. The molecule has 0 aliphatic rings. The van der Waals surface area contributed by atoms with Crippen LogP contribution < -0.4 is 5.32 Å². The Balaban J connectivity index is 1.85. The van der Waals surface area contributed by atoms with Crippen LogP contribution in [0.3, 0.4) is 0 Å². The van der Waals surface area contributed by atoms with Gasteiger partial charge in [-0.25, -0.2) is 4.21 Å². The van der Waals surface area contributed by atoms with Gasteiger partial charge in [0, 0.05) is 28.5 Å². The maximum absolute atomic E-state index is 13.4. The van der Waals surface area contributed by atoms with E-state index < -0.39 is 10.8 Å². The number of hydrogen-bond acceptors (Lipinski definition) is 2. The van der Waals surface area contributed by atoms with Gasteiger partial charge in [0.25, 0.3) is 0 Å². The molecule has 4 aromatic rings. The van der Waals surface area contributed by atoms with Crippen molar-refractivity contribution in [2.75, 3.05) is 13.6 Å². The quantitative estimate of drug-likeness (QED) is 0.554. The Kier molecular flexibility index (Phi) is 4.85. The first-order valence-corrected chi connectivity index (χ1v) is 10.4. The number of likely N-dealkylation sites (N-methyl/N-ethyl adjacent to an activating group) is 1. The van der Waals surface area contributed by atoms with Crippen molar-refractivity contribution in [3.8, 4) is 0 Å². The number of rotatable bonds is 5. The van der Waals surface area contributed by atoms with Crippen LogP contribution in [0.25, 0.3) is 21.7 Å². The van der Waals surface area contributed by atoms with Gasteiger partial charge >= 0.3 is 0 Å². The maximum atomic E-state index is 13.4. The first-order chi connectivity index (χ1) is 13.1. The minimum Gasteiger partial charge on any atom is -0.348 e. The van der Waals surface area contributed by atoms with Gasteiger partial charge in [-0.1, -0.05) is 36.4 Å². The summed E-state index contributed by atoms with van der Waals surface area (Å²) in [7, 11) is 2.86. The minimum atomic E-state index is -1.21. The molecule has 0 aliphatic heterocycles. The Morgan fingerprint density at radius 1 is 1.00 bits per heavy atom. The molecule has 4 heteroatoms. The van der Waals surface area contributed by atoms with Crippen LogP contribution >= 0.6 is 0 Å². The molecule has 0 radical (unpaired) electrons. The summed E-state index contributed by atoms with van der Waals surface area (Å²) >= 11 is 0. The molecule has 1 heterocycles. The first kappa shape index (κ1) is 18.0. The molecule has 0 spiro atoms. The molecule has 3 aromatic carbocycles. The van der Waals surface area contributed by atoms with E-state index in [1.807, 2.05) is 43.4 Å². The van der Waals surface area contributed by atoms with E-state index in [0.717, 1.165) is 33.5 Å². The summed E-state index contributed by atoms with van der Waals surface area (Å²) in [4.78, 5) is 1.73. The highest BCUT2D eigenvalue weighted by molar-refractivity contribution is 7.85. The second-order valence-corrected chi connectivity index (χ2v) is 8.35. The molecule has 0 amide bonds. The summed E-state index contributed by atoms with van der Waals surface area (Å²) in [6.07, 6.45) is 0.962. The summed E-state index contributed by atoms with van der Waals surface area (Å²) in [6, 6.07) is 20.4. The number of aromatic nitrogens is 1. The molecule has 4 rings (SSSR count). The number of fused-ring (bicyclic) bond motifs is 2. The third kappa shape index (κ3) is 3.09. The van der Waals surface area contributed by atoms with Gasteiger partial charge in [-0.2, -0.15) is 0 Å². The number of nitrogens with one attached hydrogen (secondary N) is 1. The zero-order valence-corrected chi connectivity index (χ0v) is 16.8. The normalized spacial score (nSPS) is 12.7. The topological polar surface area (TPSA) is 34.0 Å². The van der Waals surface area contributed by atoms with Gasteiger partial charge in [0.15, 0.2) is 0 Å². The van der Waals surface area contributed by atoms with Crippen LogP contribution in [-0.4, -0.2) is 22.4 Å². The Bertz CT molecular complexity index is 1150. The van der Waals surface area contributed by atoms with E-state index in [1.54, 1.807) is 0 Å². The molecule has 0 bridgehead atoms. The predicted octanol–water partition coefficient (Wildman–Crippen LogP) is 4.57. The second-order valence-electron chi connectivity index (χ2n) is 6.90. The third-order valence-electron chi connectivity index (χ3n) is 5.38. The summed E-state index contributed by atoms with van der Waals surface area (Å²) in [5.41, 5.74) is 3.80. The van der Waals surface area contributed by atoms with Gasteiger partial charge in [-0.05, 0) is 67.5 Å². The van der Waals surface area contributed by atoms with Crippen molar-refractivity contribution in [3.05, 3.63) is 71.9 Å². The summed E-state index contributed by atoms with van der Waals surface area (Å²) < 4.78 is 15.6. The molecule has 27 heavy (non-hydrogen) atoms.